The molecule has 0 aliphatic heterocycles. The molecule has 0 bridgehead atoms. The summed E-state index contributed by atoms with van der Waals surface area (Å²) in [6, 6.07) is 14.0. The zero-order valence-corrected chi connectivity index (χ0v) is 19.3. The minimum Gasteiger partial charge on any atom is -0.508 e. The van der Waals surface area contributed by atoms with Crippen LogP contribution in [0.5, 0.6) is 11.5 Å². The molecular weight excluding hydrogens is 404 g/mol. The molecule has 0 spiro atoms. The zero-order valence-electron chi connectivity index (χ0n) is 19.3. The van der Waals surface area contributed by atoms with Crippen LogP contribution in [0.2, 0.25) is 0 Å². The van der Waals surface area contributed by atoms with Crippen molar-refractivity contribution in [3.8, 4) is 11.5 Å². The van der Waals surface area contributed by atoms with Crippen LogP contribution in [0.4, 0.5) is 0 Å². The van der Waals surface area contributed by atoms with Crippen LogP contribution in [0.1, 0.15) is 38.8 Å². The summed E-state index contributed by atoms with van der Waals surface area (Å²) in [5.41, 5.74) is 12.9. The summed E-state index contributed by atoms with van der Waals surface area (Å²) in [5, 5.41) is 27.5. The number of amidine groups is 2. The standard InChI is InChI=1S/C24H34N6O2/c1-23(2,21(25)27-15-13-17-5-9-19(31)10-6-17)29-30-24(3,4)22(26)28-16-14-18-7-11-20(32)12-8-18/h5-12,31-32H,13-16H2,1-4H3,(H2,25,27)(H2,26,28). The van der Waals surface area contributed by atoms with Gasteiger partial charge in [-0.15, -0.1) is 0 Å². The van der Waals surface area contributed by atoms with Gasteiger partial charge in [0.05, 0.1) is 0 Å². The van der Waals surface area contributed by atoms with E-state index in [0.29, 0.717) is 37.6 Å². The average molecular weight is 439 g/mol. The smallest absolute Gasteiger partial charge is 0.132 e. The Hall–Kier alpha value is -3.42. The van der Waals surface area contributed by atoms with Crippen molar-refractivity contribution in [1.29, 1.82) is 0 Å². The maximum Gasteiger partial charge on any atom is 0.132 e. The van der Waals surface area contributed by atoms with Crippen molar-refractivity contribution in [3.05, 3.63) is 59.7 Å². The number of nitrogens with zero attached hydrogens (tertiary/aromatic N) is 4. The van der Waals surface area contributed by atoms with Crippen molar-refractivity contribution in [2.75, 3.05) is 13.1 Å². The Morgan fingerprint density at radius 1 is 0.656 bits per heavy atom. The molecule has 0 aliphatic carbocycles. The molecule has 2 rings (SSSR count). The summed E-state index contributed by atoms with van der Waals surface area (Å²) in [4.78, 5) is 8.89. The van der Waals surface area contributed by atoms with E-state index in [1.807, 2.05) is 52.0 Å². The van der Waals surface area contributed by atoms with E-state index < -0.39 is 11.1 Å². The second kappa shape index (κ2) is 10.7. The van der Waals surface area contributed by atoms with E-state index in [4.69, 9.17) is 11.5 Å². The molecule has 2 aromatic rings. The fraction of sp³-hybridized carbons (Fsp3) is 0.417. The highest BCUT2D eigenvalue weighted by Gasteiger charge is 2.27. The summed E-state index contributed by atoms with van der Waals surface area (Å²) >= 11 is 0. The number of phenolic OH excluding ortho intramolecular Hbond substituents is 2. The third-order valence-electron chi connectivity index (χ3n) is 5.04. The van der Waals surface area contributed by atoms with Gasteiger partial charge >= 0.3 is 0 Å². The van der Waals surface area contributed by atoms with Gasteiger partial charge in [0.25, 0.3) is 0 Å². The minimum absolute atomic E-state index is 0.240. The number of nitrogens with two attached hydrogens (primary N) is 2. The van der Waals surface area contributed by atoms with Crippen LogP contribution in [-0.2, 0) is 12.8 Å². The van der Waals surface area contributed by atoms with Crippen LogP contribution >= 0.6 is 0 Å². The van der Waals surface area contributed by atoms with Crippen molar-refractivity contribution >= 4 is 11.7 Å². The van der Waals surface area contributed by atoms with Gasteiger partial charge in [0.1, 0.15) is 34.2 Å². The van der Waals surface area contributed by atoms with Gasteiger partial charge in [0.2, 0.25) is 0 Å². The van der Waals surface area contributed by atoms with E-state index in [2.05, 4.69) is 20.2 Å². The molecule has 0 unspecified atom stereocenters. The molecule has 0 saturated heterocycles. The Labute approximate surface area is 189 Å². The largest absolute Gasteiger partial charge is 0.508 e. The molecule has 32 heavy (non-hydrogen) atoms. The number of benzene rings is 2. The molecule has 2 aromatic carbocycles. The predicted molar refractivity (Wildman–Crippen MR) is 130 cm³/mol. The van der Waals surface area contributed by atoms with Gasteiger partial charge < -0.3 is 21.7 Å². The fourth-order valence-electron chi connectivity index (χ4n) is 2.68. The van der Waals surface area contributed by atoms with Crippen LogP contribution in [-0.4, -0.2) is 46.1 Å². The molecule has 0 radical (unpaired) electrons. The summed E-state index contributed by atoms with van der Waals surface area (Å²) in [6.07, 6.45) is 1.42. The molecule has 8 nitrogen and oxygen atoms in total. The second-order valence-electron chi connectivity index (χ2n) is 8.68. The first-order chi connectivity index (χ1) is 15.0. The Morgan fingerprint density at radius 2 is 0.969 bits per heavy atom. The van der Waals surface area contributed by atoms with Crippen molar-refractivity contribution in [2.24, 2.45) is 31.7 Å². The van der Waals surface area contributed by atoms with E-state index in [1.165, 1.54) is 0 Å². The van der Waals surface area contributed by atoms with Gasteiger partial charge in [0, 0.05) is 13.1 Å². The highest BCUT2D eigenvalue weighted by Crippen LogP contribution is 2.17. The topological polar surface area (TPSA) is 142 Å². The third kappa shape index (κ3) is 7.68. The van der Waals surface area contributed by atoms with Crippen molar-refractivity contribution in [1.82, 2.24) is 0 Å². The number of azo groups is 1. The maximum atomic E-state index is 9.35. The molecule has 0 aliphatic rings. The molecule has 0 aromatic heterocycles. The number of aliphatic imine (C=N–C) groups is 2. The highest BCUT2D eigenvalue weighted by atomic mass is 16.3. The number of aromatic hydroxyl groups is 2. The van der Waals surface area contributed by atoms with E-state index in [0.717, 1.165) is 11.1 Å². The number of hydrogen-bond acceptors (Lipinski definition) is 6. The lowest BCUT2D eigenvalue weighted by molar-refractivity contribution is 0.474. The lowest BCUT2D eigenvalue weighted by Gasteiger charge is -2.22. The van der Waals surface area contributed by atoms with Crippen LogP contribution < -0.4 is 11.5 Å². The van der Waals surface area contributed by atoms with E-state index in [-0.39, 0.29) is 11.5 Å². The van der Waals surface area contributed by atoms with Crippen molar-refractivity contribution in [3.63, 3.8) is 0 Å². The normalized spacial score (nSPS) is 13.6. The highest BCUT2D eigenvalue weighted by molar-refractivity contribution is 5.90. The Bertz CT molecular complexity index is 881. The minimum atomic E-state index is -0.779. The maximum absolute atomic E-state index is 9.35. The SMILES string of the molecule is CC(C)(N=NC(C)(C)C(N)=NCCc1ccc(O)cc1)C(N)=NCCc1ccc(O)cc1. The van der Waals surface area contributed by atoms with E-state index in [1.54, 1.807) is 24.3 Å². The van der Waals surface area contributed by atoms with Crippen LogP contribution in [0, 0.1) is 0 Å². The van der Waals surface area contributed by atoms with Gasteiger partial charge in [-0.2, -0.15) is 10.2 Å². The Balaban J connectivity index is 1.94. The van der Waals surface area contributed by atoms with E-state index >= 15 is 0 Å². The molecule has 0 heterocycles. The third-order valence-corrected chi connectivity index (χ3v) is 5.04. The van der Waals surface area contributed by atoms with Gasteiger partial charge in [-0.25, -0.2) is 0 Å². The summed E-state index contributed by atoms with van der Waals surface area (Å²) in [6.45, 7) is 8.43. The predicted octanol–water partition coefficient (Wildman–Crippen LogP) is 3.61. The summed E-state index contributed by atoms with van der Waals surface area (Å²) < 4.78 is 0. The molecule has 0 atom stereocenters. The second-order valence-corrected chi connectivity index (χ2v) is 8.68. The molecule has 6 N–H and O–H groups in total. The van der Waals surface area contributed by atoms with Gasteiger partial charge in [-0.05, 0) is 75.9 Å². The molecule has 8 heteroatoms. The lowest BCUT2D eigenvalue weighted by Crippen LogP contribution is -2.40. The average Bonchev–Trinajstić information content (AvgIpc) is 2.75. The van der Waals surface area contributed by atoms with Crippen molar-refractivity contribution in [2.45, 2.75) is 51.6 Å². The molecule has 172 valence electrons. The van der Waals surface area contributed by atoms with Gasteiger partial charge in [-0.1, -0.05) is 24.3 Å². The van der Waals surface area contributed by atoms with Crippen LogP contribution in [0.3, 0.4) is 0 Å². The molecule has 0 fully saturated rings. The summed E-state index contributed by atoms with van der Waals surface area (Å²) in [5.74, 6) is 1.26. The van der Waals surface area contributed by atoms with Gasteiger partial charge in [-0.3, -0.25) is 9.98 Å². The molecular formula is C24H34N6O2. The monoisotopic (exact) mass is 438 g/mol. The van der Waals surface area contributed by atoms with E-state index in [9.17, 15) is 10.2 Å². The Morgan fingerprint density at radius 3 is 1.28 bits per heavy atom. The van der Waals surface area contributed by atoms with Crippen LogP contribution in [0.25, 0.3) is 0 Å². The van der Waals surface area contributed by atoms with Gasteiger partial charge in [0.15, 0.2) is 0 Å². The van der Waals surface area contributed by atoms with Crippen LogP contribution in [0.15, 0.2) is 68.7 Å². The fourth-order valence-corrected chi connectivity index (χ4v) is 2.68. The lowest BCUT2D eigenvalue weighted by atomic mass is 10.0. The number of hydrogen-bond donors (Lipinski definition) is 4. The quantitative estimate of drug-likeness (QED) is 0.255. The molecule has 0 saturated carbocycles. The zero-order chi connectivity index (χ0) is 23.8. The first kappa shape index (κ1) is 24.8. The number of rotatable bonds is 10. The Kier molecular flexibility index (Phi) is 8.34. The molecule has 0 amide bonds. The summed E-state index contributed by atoms with van der Waals surface area (Å²) in [7, 11) is 0. The first-order valence-corrected chi connectivity index (χ1v) is 10.6. The number of phenols is 2. The van der Waals surface area contributed by atoms with Crippen molar-refractivity contribution < 1.29 is 10.2 Å². The first-order valence-electron chi connectivity index (χ1n) is 10.6.